The molecule has 0 nitrogen and oxygen atoms in total. The monoisotopic (exact) mass is 162 g/mol. The average molecular weight is 162 g/mol. The number of hydrogen-bond donors (Lipinski definition) is 0. The maximum Gasteiger partial charge on any atom is 0.123 e. The van der Waals surface area contributed by atoms with Gasteiger partial charge in [0, 0.05) is 6.42 Å². The first-order valence-electron chi connectivity index (χ1n) is 3.92. The van der Waals surface area contributed by atoms with Gasteiger partial charge in [0.25, 0.3) is 0 Å². The molecule has 0 saturated heterocycles. The molecule has 0 fully saturated rings. The van der Waals surface area contributed by atoms with Crippen LogP contribution in [0.5, 0.6) is 0 Å². The van der Waals surface area contributed by atoms with Gasteiger partial charge < -0.3 is 0 Å². The molecule has 0 aliphatic heterocycles. The van der Waals surface area contributed by atoms with Crippen LogP contribution in [0.3, 0.4) is 0 Å². The standard InChI is InChI=1S/C11H11F/c1-3-4-5-10-6-9(2)7-11(12)8-10/h1,6-8H,4-5H2,2H3. The lowest BCUT2D eigenvalue weighted by Crippen LogP contribution is -1.87. The summed E-state index contributed by atoms with van der Waals surface area (Å²) >= 11 is 0. The lowest BCUT2D eigenvalue weighted by Gasteiger charge is -1.99. The Morgan fingerprint density at radius 2 is 2.17 bits per heavy atom. The summed E-state index contributed by atoms with van der Waals surface area (Å²) in [6.45, 7) is 1.88. The Morgan fingerprint density at radius 3 is 2.75 bits per heavy atom. The van der Waals surface area contributed by atoms with Crippen LogP contribution in [-0.2, 0) is 6.42 Å². The highest BCUT2D eigenvalue weighted by Crippen LogP contribution is 2.09. The number of halogens is 1. The number of aryl methyl sites for hydroxylation is 2. The molecule has 0 amide bonds. The van der Waals surface area contributed by atoms with E-state index in [1.54, 1.807) is 0 Å². The summed E-state index contributed by atoms with van der Waals surface area (Å²) in [6, 6.07) is 5.00. The van der Waals surface area contributed by atoms with Crippen LogP contribution >= 0.6 is 0 Å². The third kappa shape index (κ3) is 2.39. The third-order valence-electron chi connectivity index (χ3n) is 1.66. The molecule has 0 radical (unpaired) electrons. The Balaban J connectivity index is 2.80. The number of terminal acetylenes is 1. The minimum atomic E-state index is -0.179. The lowest BCUT2D eigenvalue weighted by molar-refractivity contribution is 0.624. The van der Waals surface area contributed by atoms with E-state index in [4.69, 9.17) is 6.42 Å². The Bertz CT molecular complexity index is 287. The van der Waals surface area contributed by atoms with Crippen LogP contribution in [0.2, 0.25) is 0 Å². The molecule has 12 heavy (non-hydrogen) atoms. The summed E-state index contributed by atoms with van der Waals surface area (Å²) < 4.78 is 12.8. The first-order valence-corrected chi connectivity index (χ1v) is 3.92. The summed E-state index contributed by atoms with van der Waals surface area (Å²) in [7, 11) is 0. The van der Waals surface area contributed by atoms with Crippen LogP contribution in [0.4, 0.5) is 4.39 Å². The topological polar surface area (TPSA) is 0 Å². The normalized spacial score (nSPS) is 9.42. The van der Waals surface area contributed by atoms with Crippen molar-refractivity contribution in [2.45, 2.75) is 19.8 Å². The molecular formula is C11H11F. The zero-order chi connectivity index (χ0) is 8.97. The summed E-state index contributed by atoms with van der Waals surface area (Å²) in [5.74, 6) is 2.35. The van der Waals surface area contributed by atoms with Crippen LogP contribution < -0.4 is 0 Å². The van der Waals surface area contributed by atoms with Gasteiger partial charge in [-0.2, -0.15) is 0 Å². The molecular weight excluding hydrogens is 151 g/mol. The maximum atomic E-state index is 12.8. The molecule has 0 aromatic heterocycles. The van der Waals surface area contributed by atoms with Crippen LogP contribution in [0.1, 0.15) is 17.5 Å². The van der Waals surface area contributed by atoms with Gasteiger partial charge in [0.1, 0.15) is 5.82 Å². The molecule has 1 rings (SSSR count). The highest BCUT2D eigenvalue weighted by molar-refractivity contribution is 5.24. The van der Waals surface area contributed by atoms with Gasteiger partial charge in [-0.05, 0) is 36.6 Å². The van der Waals surface area contributed by atoms with E-state index < -0.39 is 0 Å². The highest BCUT2D eigenvalue weighted by Gasteiger charge is 1.96. The first-order chi connectivity index (χ1) is 5.72. The van der Waals surface area contributed by atoms with E-state index >= 15 is 0 Å². The first kappa shape index (κ1) is 8.80. The quantitative estimate of drug-likeness (QED) is 0.586. The fraction of sp³-hybridized carbons (Fsp3) is 0.273. The summed E-state index contributed by atoms with van der Waals surface area (Å²) in [6.07, 6.45) is 6.54. The van der Waals surface area contributed by atoms with Crippen molar-refractivity contribution in [3.05, 3.63) is 35.1 Å². The van der Waals surface area contributed by atoms with Gasteiger partial charge in [-0.15, -0.1) is 12.3 Å². The Labute approximate surface area is 72.4 Å². The van der Waals surface area contributed by atoms with Crippen molar-refractivity contribution in [1.82, 2.24) is 0 Å². The van der Waals surface area contributed by atoms with Crippen molar-refractivity contribution in [2.75, 3.05) is 0 Å². The van der Waals surface area contributed by atoms with Crippen molar-refractivity contribution < 1.29 is 4.39 Å². The van der Waals surface area contributed by atoms with Gasteiger partial charge in [0.05, 0.1) is 0 Å². The zero-order valence-corrected chi connectivity index (χ0v) is 7.10. The van der Waals surface area contributed by atoms with Crippen molar-refractivity contribution in [2.24, 2.45) is 0 Å². The van der Waals surface area contributed by atoms with Crippen LogP contribution in [0.25, 0.3) is 0 Å². The van der Waals surface area contributed by atoms with Crippen LogP contribution in [0, 0.1) is 25.1 Å². The Hall–Kier alpha value is -1.29. The van der Waals surface area contributed by atoms with E-state index in [0.717, 1.165) is 17.5 Å². The minimum Gasteiger partial charge on any atom is -0.207 e. The summed E-state index contributed by atoms with van der Waals surface area (Å²) in [4.78, 5) is 0. The molecule has 1 aromatic rings. The maximum absolute atomic E-state index is 12.8. The second kappa shape index (κ2) is 3.92. The van der Waals surface area contributed by atoms with Crippen molar-refractivity contribution >= 4 is 0 Å². The van der Waals surface area contributed by atoms with Crippen molar-refractivity contribution in [1.29, 1.82) is 0 Å². The second-order valence-electron chi connectivity index (χ2n) is 2.84. The van der Waals surface area contributed by atoms with Crippen LogP contribution in [0.15, 0.2) is 18.2 Å². The van der Waals surface area contributed by atoms with Gasteiger partial charge in [-0.3, -0.25) is 0 Å². The molecule has 0 atom stereocenters. The Morgan fingerprint density at radius 1 is 1.42 bits per heavy atom. The molecule has 0 heterocycles. The molecule has 0 aliphatic rings. The summed E-state index contributed by atoms with van der Waals surface area (Å²) in [5.41, 5.74) is 1.92. The van der Waals surface area contributed by atoms with Gasteiger partial charge in [-0.25, -0.2) is 4.39 Å². The highest BCUT2D eigenvalue weighted by atomic mass is 19.1. The average Bonchev–Trinajstić information content (AvgIpc) is 1.99. The van der Waals surface area contributed by atoms with Gasteiger partial charge in [0.15, 0.2) is 0 Å². The van der Waals surface area contributed by atoms with Crippen molar-refractivity contribution in [3.63, 3.8) is 0 Å². The molecule has 1 aromatic carbocycles. The smallest absolute Gasteiger partial charge is 0.123 e. The third-order valence-corrected chi connectivity index (χ3v) is 1.66. The van der Waals surface area contributed by atoms with E-state index in [1.807, 2.05) is 13.0 Å². The van der Waals surface area contributed by atoms with Crippen molar-refractivity contribution in [3.8, 4) is 12.3 Å². The molecule has 1 heteroatoms. The molecule has 0 saturated carbocycles. The molecule has 62 valence electrons. The Kier molecular flexibility index (Phi) is 2.88. The molecule has 0 N–H and O–H groups in total. The predicted molar refractivity (Wildman–Crippen MR) is 48.3 cm³/mol. The van der Waals surface area contributed by atoms with Gasteiger partial charge in [-0.1, -0.05) is 6.07 Å². The lowest BCUT2D eigenvalue weighted by atomic mass is 10.1. The van der Waals surface area contributed by atoms with Crippen LogP contribution in [-0.4, -0.2) is 0 Å². The number of hydrogen-bond acceptors (Lipinski definition) is 0. The van der Waals surface area contributed by atoms with E-state index in [1.165, 1.54) is 12.1 Å². The van der Waals surface area contributed by atoms with E-state index in [-0.39, 0.29) is 5.82 Å². The summed E-state index contributed by atoms with van der Waals surface area (Å²) in [5, 5.41) is 0. The van der Waals surface area contributed by atoms with E-state index in [2.05, 4.69) is 5.92 Å². The predicted octanol–water partition coefficient (Wildman–Crippen LogP) is 2.70. The minimum absolute atomic E-state index is 0.179. The number of benzene rings is 1. The van der Waals surface area contributed by atoms with E-state index in [9.17, 15) is 4.39 Å². The molecule has 0 spiro atoms. The fourth-order valence-corrected chi connectivity index (χ4v) is 1.17. The van der Waals surface area contributed by atoms with E-state index in [0.29, 0.717) is 6.42 Å². The largest absolute Gasteiger partial charge is 0.207 e. The molecule has 0 aliphatic carbocycles. The van der Waals surface area contributed by atoms with Gasteiger partial charge in [0.2, 0.25) is 0 Å². The fourth-order valence-electron chi connectivity index (χ4n) is 1.17. The number of rotatable bonds is 2. The molecule has 0 bridgehead atoms. The SMILES string of the molecule is C#CCCc1cc(C)cc(F)c1. The molecule has 0 unspecified atom stereocenters. The second-order valence-corrected chi connectivity index (χ2v) is 2.84. The van der Waals surface area contributed by atoms with Gasteiger partial charge >= 0.3 is 0 Å². The zero-order valence-electron chi connectivity index (χ0n) is 7.10.